The molecule has 3 nitrogen and oxygen atoms in total. The van der Waals surface area contributed by atoms with Crippen LogP contribution in [-0.2, 0) is 14.0 Å². The Kier molecular flexibility index (Phi) is 7.39. The second kappa shape index (κ2) is 7.66. The molecule has 0 aromatic carbocycles. The average molecular weight is 258 g/mol. The fraction of sp³-hybridized carbons (Fsp3) is 0.769. The van der Waals surface area contributed by atoms with Crippen molar-refractivity contribution in [2.24, 2.45) is 11.8 Å². The summed E-state index contributed by atoms with van der Waals surface area (Å²) in [4.78, 5) is 11.0. The van der Waals surface area contributed by atoms with Gasteiger partial charge in [-0.3, -0.25) is 0 Å². The third-order valence-electron chi connectivity index (χ3n) is 3.69. The van der Waals surface area contributed by atoms with E-state index < -0.39 is 9.76 Å². The zero-order chi connectivity index (χ0) is 13.5. The zero-order valence-electron chi connectivity index (χ0n) is 11.8. The standard InChI is InChI=1S/C13H26O3Si/c1-7-12(14)16-9-8-13(10(2)3,11(4)5)17-15-6/h7,10-11H,1,8-9,17H2,2-6H3. The quantitative estimate of drug-likeness (QED) is 0.381. The van der Waals surface area contributed by atoms with Gasteiger partial charge in [0.25, 0.3) is 0 Å². The summed E-state index contributed by atoms with van der Waals surface area (Å²) >= 11 is 0. The molecule has 0 aromatic rings. The molecule has 17 heavy (non-hydrogen) atoms. The lowest BCUT2D eigenvalue weighted by atomic mass is 9.82. The van der Waals surface area contributed by atoms with E-state index in [2.05, 4.69) is 34.3 Å². The van der Waals surface area contributed by atoms with Crippen molar-refractivity contribution in [1.82, 2.24) is 0 Å². The Bertz CT molecular complexity index is 241. The molecule has 0 saturated heterocycles. The zero-order valence-corrected chi connectivity index (χ0v) is 13.2. The highest BCUT2D eigenvalue weighted by molar-refractivity contribution is 6.32. The van der Waals surface area contributed by atoms with Crippen LogP contribution in [0.2, 0.25) is 5.04 Å². The number of hydrogen-bond donors (Lipinski definition) is 0. The van der Waals surface area contributed by atoms with Crippen molar-refractivity contribution in [3.63, 3.8) is 0 Å². The summed E-state index contributed by atoms with van der Waals surface area (Å²) in [6.07, 6.45) is 2.09. The number of carbonyl (C=O) groups is 1. The highest BCUT2D eigenvalue weighted by Crippen LogP contribution is 2.45. The molecule has 0 heterocycles. The van der Waals surface area contributed by atoms with Crippen LogP contribution in [0.3, 0.4) is 0 Å². The van der Waals surface area contributed by atoms with E-state index in [0.29, 0.717) is 18.4 Å². The Labute approximate surface area is 108 Å². The molecule has 0 radical (unpaired) electrons. The van der Waals surface area contributed by atoms with Gasteiger partial charge in [0.2, 0.25) is 0 Å². The molecule has 0 unspecified atom stereocenters. The predicted octanol–water partition coefficient (Wildman–Crippen LogP) is 2.31. The topological polar surface area (TPSA) is 35.5 Å². The molecule has 100 valence electrons. The molecular formula is C13H26O3Si. The lowest BCUT2D eigenvalue weighted by Gasteiger charge is -2.40. The van der Waals surface area contributed by atoms with E-state index in [1.807, 2.05) is 0 Å². The monoisotopic (exact) mass is 258 g/mol. The number of carbonyl (C=O) groups excluding carboxylic acids is 1. The van der Waals surface area contributed by atoms with Gasteiger partial charge in [0.05, 0.1) is 6.61 Å². The van der Waals surface area contributed by atoms with Gasteiger partial charge < -0.3 is 9.16 Å². The van der Waals surface area contributed by atoms with E-state index in [-0.39, 0.29) is 11.0 Å². The van der Waals surface area contributed by atoms with Crippen LogP contribution in [0.1, 0.15) is 34.1 Å². The van der Waals surface area contributed by atoms with E-state index >= 15 is 0 Å². The van der Waals surface area contributed by atoms with Gasteiger partial charge in [-0.25, -0.2) is 4.79 Å². The molecule has 0 spiro atoms. The average Bonchev–Trinajstić information content (AvgIpc) is 2.26. The summed E-state index contributed by atoms with van der Waals surface area (Å²) < 4.78 is 10.6. The number of esters is 1. The SMILES string of the molecule is C=CC(=O)OCCC([SiH2]OC)(C(C)C)C(C)C. The molecule has 0 bridgehead atoms. The van der Waals surface area contributed by atoms with Crippen molar-refractivity contribution >= 4 is 15.7 Å². The van der Waals surface area contributed by atoms with Crippen LogP contribution in [0.25, 0.3) is 0 Å². The summed E-state index contributed by atoms with van der Waals surface area (Å²) in [5, 5.41) is 0.191. The maximum atomic E-state index is 11.0. The van der Waals surface area contributed by atoms with Gasteiger partial charge in [-0.05, 0) is 23.3 Å². The summed E-state index contributed by atoms with van der Waals surface area (Å²) in [5.74, 6) is 0.735. The fourth-order valence-electron chi connectivity index (χ4n) is 2.32. The van der Waals surface area contributed by atoms with Crippen molar-refractivity contribution in [3.8, 4) is 0 Å². The highest BCUT2D eigenvalue weighted by Gasteiger charge is 2.37. The van der Waals surface area contributed by atoms with Crippen LogP contribution in [0.15, 0.2) is 12.7 Å². The largest absolute Gasteiger partial charge is 0.463 e. The molecular weight excluding hydrogens is 232 g/mol. The van der Waals surface area contributed by atoms with Crippen LogP contribution >= 0.6 is 0 Å². The van der Waals surface area contributed by atoms with Crippen molar-refractivity contribution < 1.29 is 14.0 Å². The van der Waals surface area contributed by atoms with Crippen molar-refractivity contribution in [2.45, 2.75) is 39.2 Å². The van der Waals surface area contributed by atoms with Gasteiger partial charge in [0.1, 0.15) is 0 Å². The molecule has 0 saturated carbocycles. The number of hydrogen-bond acceptors (Lipinski definition) is 3. The minimum atomic E-state index is -0.634. The number of ether oxygens (including phenoxy) is 1. The van der Waals surface area contributed by atoms with Gasteiger partial charge in [-0.2, -0.15) is 0 Å². The van der Waals surface area contributed by atoms with Crippen LogP contribution in [-0.4, -0.2) is 29.4 Å². The van der Waals surface area contributed by atoms with E-state index in [1.165, 1.54) is 6.08 Å². The minimum Gasteiger partial charge on any atom is -0.463 e. The molecule has 0 atom stereocenters. The van der Waals surface area contributed by atoms with E-state index in [9.17, 15) is 4.79 Å². The lowest BCUT2D eigenvalue weighted by Crippen LogP contribution is -2.34. The molecule has 0 fully saturated rings. The predicted molar refractivity (Wildman–Crippen MR) is 73.7 cm³/mol. The first-order chi connectivity index (χ1) is 7.90. The molecule has 0 aliphatic rings. The van der Waals surface area contributed by atoms with Crippen molar-refractivity contribution in [3.05, 3.63) is 12.7 Å². The Morgan fingerprint density at radius 1 is 1.35 bits per heavy atom. The summed E-state index contributed by atoms with van der Waals surface area (Å²) in [5.41, 5.74) is 0. The molecule has 0 aliphatic heterocycles. The third-order valence-corrected chi connectivity index (χ3v) is 6.50. The Hall–Kier alpha value is -0.613. The molecule has 0 aromatic heterocycles. The van der Waals surface area contributed by atoms with E-state index in [4.69, 9.17) is 9.16 Å². The van der Waals surface area contributed by atoms with Crippen LogP contribution in [0.5, 0.6) is 0 Å². The van der Waals surface area contributed by atoms with Crippen LogP contribution < -0.4 is 0 Å². The van der Waals surface area contributed by atoms with E-state index in [1.54, 1.807) is 7.11 Å². The van der Waals surface area contributed by atoms with Gasteiger partial charge in [0, 0.05) is 13.2 Å². The number of rotatable bonds is 8. The summed E-state index contributed by atoms with van der Waals surface area (Å²) in [7, 11) is 1.14. The molecule has 0 N–H and O–H groups in total. The van der Waals surface area contributed by atoms with Gasteiger partial charge in [0.15, 0.2) is 9.76 Å². The van der Waals surface area contributed by atoms with Crippen molar-refractivity contribution in [1.29, 1.82) is 0 Å². The second-order valence-corrected chi connectivity index (χ2v) is 7.28. The lowest BCUT2D eigenvalue weighted by molar-refractivity contribution is -0.138. The minimum absolute atomic E-state index is 0.191. The van der Waals surface area contributed by atoms with Gasteiger partial charge in [-0.15, -0.1) is 0 Å². The highest BCUT2D eigenvalue weighted by atomic mass is 28.2. The Morgan fingerprint density at radius 2 is 1.88 bits per heavy atom. The Balaban J connectivity index is 4.57. The van der Waals surface area contributed by atoms with Gasteiger partial charge >= 0.3 is 5.97 Å². The van der Waals surface area contributed by atoms with Crippen LogP contribution in [0, 0.1) is 11.8 Å². The molecule has 4 heteroatoms. The first-order valence-electron chi connectivity index (χ1n) is 6.18. The molecule has 0 amide bonds. The first-order valence-corrected chi connectivity index (χ1v) is 7.47. The van der Waals surface area contributed by atoms with Crippen LogP contribution in [0.4, 0.5) is 0 Å². The van der Waals surface area contributed by atoms with Gasteiger partial charge in [-0.1, -0.05) is 34.3 Å². The van der Waals surface area contributed by atoms with Crippen molar-refractivity contribution in [2.75, 3.05) is 13.7 Å². The first kappa shape index (κ1) is 16.4. The van der Waals surface area contributed by atoms with E-state index in [0.717, 1.165) is 6.42 Å². The summed E-state index contributed by atoms with van der Waals surface area (Å²) in [6, 6.07) is 0. The molecule has 0 rings (SSSR count). The smallest absolute Gasteiger partial charge is 0.330 e. The fourth-order valence-corrected chi connectivity index (χ4v) is 3.81. The normalized spacial score (nSPS) is 12.6. The maximum absolute atomic E-state index is 11.0. The molecule has 0 aliphatic carbocycles. The second-order valence-electron chi connectivity index (χ2n) is 5.10. The third kappa shape index (κ3) is 4.64. The maximum Gasteiger partial charge on any atom is 0.330 e. The Morgan fingerprint density at radius 3 is 2.24 bits per heavy atom. The summed E-state index contributed by atoms with van der Waals surface area (Å²) in [6.45, 7) is 12.7.